The van der Waals surface area contributed by atoms with Crippen molar-refractivity contribution in [2.75, 3.05) is 0 Å². The lowest BCUT2D eigenvalue weighted by molar-refractivity contribution is -0.121. The maximum absolute atomic E-state index is 10.5. The molecule has 0 N–H and O–H groups in total. The van der Waals surface area contributed by atoms with Crippen LogP contribution < -0.4 is 0 Å². The molecule has 10 heavy (non-hydrogen) atoms. The van der Waals surface area contributed by atoms with E-state index in [2.05, 4.69) is 0 Å². The molecule has 2 heteroatoms. The Labute approximate surface area is 61.6 Å². The maximum atomic E-state index is 10.5. The smallest absolute Gasteiger partial charge is 0.126 e. The first-order chi connectivity index (χ1) is 4.74. The Morgan fingerprint density at radius 1 is 1.20 bits per heavy atom. The summed E-state index contributed by atoms with van der Waals surface area (Å²) in [5, 5.41) is 0. The summed E-state index contributed by atoms with van der Waals surface area (Å²) in [4.78, 5) is 20.7. The Bertz CT molecular complexity index is 114. The topological polar surface area (TPSA) is 34.1 Å². The lowest BCUT2D eigenvalue weighted by Crippen LogP contribution is -2.20. The van der Waals surface area contributed by atoms with Gasteiger partial charge >= 0.3 is 0 Å². The number of carbonyl (C=O) groups is 2. The van der Waals surface area contributed by atoms with E-state index in [4.69, 9.17) is 0 Å². The molecule has 0 fully saturated rings. The first-order valence-corrected chi connectivity index (χ1v) is 3.64. The molecule has 0 aliphatic rings. The molecular formula is C8H14O2. The molecule has 0 atom stereocenters. The molecule has 0 saturated carbocycles. The minimum atomic E-state index is -0.373. The van der Waals surface area contributed by atoms with Crippen LogP contribution >= 0.6 is 0 Å². The Hall–Kier alpha value is -0.660. The van der Waals surface area contributed by atoms with Gasteiger partial charge in [0.25, 0.3) is 0 Å². The van der Waals surface area contributed by atoms with Crippen LogP contribution in [0.25, 0.3) is 0 Å². The zero-order valence-corrected chi connectivity index (χ0v) is 6.59. The number of hydrogen-bond acceptors (Lipinski definition) is 2. The molecule has 2 nitrogen and oxygen atoms in total. The highest BCUT2D eigenvalue weighted by Gasteiger charge is 2.24. The van der Waals surface area contributed by atoms with Gasteiger partial charge in [0.2, 0.25) is 0 Å². The molecule has 0 amide bonds. The second-order valence-electron chi connectivity index (χ2n) is 2.56. The van der Waals surface area contributed by atoms with Crippen LogP contribution in [0.15, 0.2) is 0 Å². The van der Waals surface area contributed by atoms with Crippen molar-refractivity contribution in [2.45, 2.75) is 33.1 Å². The van der Waals surface area contributed by atoms with Crippen molar-refractivity contribution in [3.8, 4) is 0 Å². The highest BCUT2D eigenvalue weighted by molar-refractivity contribution is 5.66. The minimum absolute atomic E-state index is 0.365. The zero-order valence-electron chi connectivity index (χ0n) is 6.59. The summed E-state index contributed by atoms with van der Waals surface area (Å²) in [7, 11) is 0. The first-order valence-electron chi connectivity index (χ1n) is 3.64. The SMILES string of the molecule is CCC(C=O)(CC)CC=O. The summed E-state index contributed by atoms with van der Waals surface area (Å²) in [6.45, 7) is 3.86. The molecule has 0 aromatic heterocycles. The standard InChI is InChI=1S/C8H14O2/c1-3-8(4-2,7-10)5-6-9/h6-7H,3-5H2,1-2H3. The molecule has 0 aliphatic carbocycles. The van der Waals surface area contributed by atoms with Gasteiger partial charge in [-0.25, -0.2) is 0 Å². The van der Waals surface area contributed by atoms with E-state index in [9.17, 15) is 9.59 Å². The minimum Gasteiger partial charge on any atom is -0.303 e. The number of rotatable bonds is 5. The van der Waals surface area contributed by atoms with Crippen LogP contribution in [0.3, 0.4) is 0 Å². The van der Waals surface area contributed by atoms with Gasteiger partial charge in [0, 0.05) is 11.8 Å². The van der Waals surface area contributed by atoms with Crippen molar-refractivity contribution in [1.82, 2.24) is 0 Å². The molecule has 0 saturated heterocycles. The Morgan fingerprint density at radius 3 is 1.80 bits per heavy atom. The van der Waals surface area contributed by atoms with Crippen LogP contribution in [-0.2, 0) is 9.59 Å². The summed E-state index contributed by atoms with van der Waals surface area (Å²) in [6.07, 6.45) is 3.60. The van der Waals surface area contributed by atoms with Crippen molar-refractivity contribution < 1.29 is 9.59 Å². The van der Waals surface area contributed by atoms with Crippen LogP contribution in [0, 0.1) is 5.41 Å². The Kier molecular flexibility index (Phi) is 3.93. The molecule has 0 heterocycles. The molecule has 0 rings (SSSR count). The van der Waals surface area contributed by atoms with E-state index in [1.165, 1.54) is 0 Å². The third-order valence-electron chi connectivity index (χ3n) is 2.15. The normalized spacial score (nSPS) is 11.0. The van der Waals surface area contributed by atoms with E-state index < -0.39 is 0 Å². The van der Waals surface area contributed by atoms with E-state index in [1.807, 2.05) is 13.8 Å². The van der Waals surface area contributed by atoms with Gasteiger partial charge < -0.3 is 9.59 Å². The summed E-state index contributed by atoms with van der Waals surface area (Å²) in [6, 6.07) is 0. The number of carbonyl (C=O) groups excluding carboxylic acids is 2. The molecule has 58 valence electrons. The summed E-state index contributed by atoms with van der Waals surface area (Å²) < 4.78 is 0. The van der Waals surface area contributed by atoms with Crippen molar-refractivity contribution >= 4 is 12.6 Å². The van der Waals surface area contributed by atoms with Crippen LogP contribution in [-0.4, -0.2) is 12.6 Å². The van der Waals surface area contributed by atoms with Crippen molar-refractivity contribution in [3.05, 3.63) is 0 Å². The second kappa shape index (κ2) is 4.20. The van der Waals surface area contributed by atoms with E-state index in [0.717, 1.165) is 25.4 Å². The molecule has 0 aliphatic heterocycles. The predicted octanol–water partition coefficient (Wildman–Crippen LogP) is 1.58. The quantitative estimate of drug-likeness (QED) is 0.546. The van der Waals surface area contributed by atoms with Crippen LogP contribution in [0.2, 0.25) is 0 Å². The fraction of sp³-hybridized carbons (Fsp3) is 0.750. The molecule has 0 bridgehead atoms. The van der Waals surface area contributed by atoms with E-state index in [1.54, 1.807) is 0 Å². The lowest BCUT2D eigenvalue weighted by Gasteiger charge is -2.20. The monoisotopic (exact) mass is 142 g/mol. The highest BCUT2D eigenvalue weighted by Crippen LogP contribution is 2.26. The van der Waals surface area contributed by atoms with Gasteiger partial charge in [-0.05, 0) is 12.8 Å². The van der Waals surface area contributed by atoms with Gasteiger partial charge in [0.1, 0.15) is 12.6 Å². The largest absolute Gasteiger partial charge is 0.303 e. The van der Waals surface area contributed by atoms with Crippen molar-refractivity contribution in [1.29, 1.82) is 0 Å². The van der Waals surface area contributed by atoms with Crippen LogP contribution in [0.5, 0.6) is 0 Å². The average molecular weight is 142 g/mol. The van der Waals surface area contributed by atoms with Crippen LogP contribution in [0.4, 0.5) is 0 Å². The molecule has 0 spiro atoms. The molecular weight excluding hydrogens is 128 g/mol. The summed E-state index contributed by atoms with van der Waals surface area (Å²) in [5.74, 6) is 0. The van der Waals surface area contributed by atoms with Gasteiger partial charge in [0.15, 0.2) is 0 Å². The van der Waals surface area contributed by atoms with Crippen molar-refractivity contribution in [2.24, 2.45) is 5.41 Å². The second-order valence-corrected chi connectivity index (χ2v) is 2.56. The third-order valence-corrected chi connectivity index (χ3v) is 2.15. The van der Waals surface area contributed by atoms with E-state index in [0.29, 0.717) is 6.42 Å². The van der Waals surface area contributed by atoms with E-state index in [-0.39, 0.29) is 5.41 Å². The molecule has 0 unspecified atom stereocenters. The zero-order chi connectivity index (χ0) is 8.04. The first kappa shape index (κ1) is 9.34. The van der Waals surface area contributed by atoms with Gasteiger partial charge in [0.05, 0.1) is 0 Å². The van der Waals surface area contributed by atoms with E-state index >= 15 is 0 Å². The van der Waals surface area contributed by atoms with Gasteiger partial charge in [-0.3, -0.25) is 0 Å². The number of aldehydes is 2. The van der Waals surface area contributed by atoms with Gasteiger partial charge in [-0.1, -0.05) is 13.8 Å². The maximum Gasteiger partial charge on any atom is 0.126 e. The fourth-order valence-electron chi connectivity index (χ4n) is 0.919. The number of hydrogen-bond donors (Lipinski definition) is 0. The summed E-state index contributed by atoms with van der Waals surface area (Å²) in [5.41, 5.74) is -0.373. The summed E-state index contributed by atoms with van der Waals surface area (Å²) >= 11 is 0. The van der Waals surface area contributed by atoms with Gasteiger partial charge in [-0.2, -0.15) is 0 Å². The lowest BCUT2D eigenvalue weighted by atomic mass is 9.81. The Balaban J connectivity index is 4.13. The molecule has 0 aromatic carbocycles. The van der Waals surface area contributed by atoms with Crippen LogP contribution in [0.1, 0.15) is 33.1 Å². The average Bonchev–Trinajstić information content (AvgIpc) is 2.01. The fourth-order valence-corrected chi connectivity index (χ4v) is 0.919. The van der Waals surface area contributed by atoms with Gasteiger partial charge in [-0.15, -0.1) is 0 Å². The third kappa shape index (κ3) is 1.94. The Morgan fingerprint density at radius 2 is 1.70 bits per heavy atom. The molecule has 0 aromatic rings. The highest BCUT2D eigenvalue weighted by atomic mass is 16.1. The molecule has 0 radical (unpaired) electrons. The predicted molar refractivity (Wildman–Crippen MR) is 39.8 cm³/mol. The van der Waals surface area contributed by atoms with Crippen molar-refractivity contribution in [3.63, 3.8) is 0 Å².